The van der Waals surface area contributed by atoms with Gasteiger partial charge in [-0.25, -0.2) is 19.2 Å². The molecule has 0 atom stereocenters. The van der Waals surface area contributed by atoms with E-state index >= 15 is 4.39 Å². The number of para-hydroxylation sites is 1. The second kappa shape index (κ2) is 11.5. The molecule has 214 valence electrons. The molecule has 1 saturated carbocycles. The number of urea groups is 1. The first-order valence-corrected chi connectivity index (χ1v) is 14.3. The Morgan fingerprint density at radius 1 is 0.951 bits per heavy atom. The molecule has 41 heavy (non-hydrogen) atoms. The van der Waals surface area contributed by atoms with Crippen molar-refractivity contribution in [2.45, 2.75) is 44.7 Å². The number of nitrogens with one attached hydrogen (secondary N) is 2. The predicted molar refractivity (Wildman–Crippen MR) is 162 cm³/mol. The van der Waals surface area contributed by atoms with Gasteiger partial charge in [-0.1, -0.05) is 24.3 Å². The fourth-order valence-corrected chi connectivity index (χ4v) is 6.27. The van der Waals surface area contributed by atoms with Gasteiger partial charge >= 0.3 is 6.03 Å². The number of benzene rings is 2. The summed E-state index contributed by atoms with van der Waals surface area (Å²) in [5, 5.41) is 6.12. The third-order valence-corrected chi connectivity index (χ3v) is 8.67. The van der Waals surface area contributed by atoms with Crippen molar-refractivity contribution in [1.82, 2.24) is 24.3 Å². The summed E-state index contributed by atoms with van der Waals surface area (Å²) in [6.07, 6.45) is 7.93. The summed E-state index contributed by atoms with van der Waals surface area (Å²) in [5.74, 6) is -0.165. The number of nitrogens with two attached hydrogens (primary N) is 1. The minimum Gasteiger partial charge on any atom is -0.383 e. The van der Waals surface area contributed by atoms with Gasteiger partial charge in [-0.2, -0.15) is 0 Å². The van der Waals surface area contributed by atoms with Crippen LogP contribution in [0.5, 0.6) is 0 Å². The van der Waals surface area contributed by atoms with Crippen molar-refractivity contribution in [2.75, 3.05) is 49.6 Å². The van der Waals surface area contributed by atoms with Crippen LogP contribution in [-0.2, 0) is 0 Å². The number of likely N-dealkylation sites (N-methyl/N-ethyl adjacent to an activating group) is 1. The molecule has 2 amide bonds. The van der Waals surface area contributed by atoms with E-state index in [2.05, 4.69) is 42.0 Å². The zero-order chi connectivity index (χ0) is 28.5. The SMILES string of the molecule is Cc1ccccc1NC(=O)Nc1ccc(-c2cn(C3CCC(N4CCN(C)CC4)CC3)c3ncnc(N)c23)cc1F. The Balaban J connectivity index is 1.21. The van der Waals surface area contributed by atoms with Crippen LogP contribution >= 0.6 is 0 Å². The first kappa shape index (κ1) is 27.2. The lowest BCUT2D eigenvalue weighted by atomic mass is 9.89. The van der Waals surface area contributed by atoms with Gasteiger partial charge in [0.15, 0.2) is 0 Å². The highest BCUT2D eigenvalue weighted by molar-refractivity contribution is 6.02. The van der Waals surface area contributed by atoms with E-state index in [1.165, 1.54) is 12.4 Å². The summed E-state index contributed by atoms with van der Waals surface area (Å²) in [5.41, 5.74) is 10.3. The van der Waals surface area contributed by atoms with Crippen molar-refractivity contribution in [3.8, 4) is 11.1 Å². The van der Waals surface area contributed by atoms with Gasteiger partial charge in [0.1, 0.15) is 23.6 Å². The highest BCUT2D eigenvalue weighted by atomic mass is 19.1. The molecule has 2 aromatic heterocycles. The van der Waals surface area contributed by atoms with Crippen molar-refractivity contribution in [3.05, 3.63) is 66.4 Å². The van der Waals surface area contributed by atoms with Crippen LogP contribution in [0.2, 0.25) is 0 Å². The molecule has 0 radical (unpaired) electrons. The van der Waals surface area contributed by atoms with Crippen LogP contribution in [0.25, 0.3) is 22.2 Å². The molecule has 2 aromatic carbocycles. The standard InChI is InChI=1S/C31H37FN8O/c1-20-5-3-4-6-26(20)36-31(41)37-27-12-7-21(17-25(27)32)24-18-40(30-28(24)29(33)34-19-35-30)23-10-8-22(9-11-23)39-15-13-38(2)14-16-39/h3-7,12,17-19,22-23H,8-11,13-16H2,1-2H3,(H2,33,34,35)(H2,36,37,41). The summed E-state index contributed by atoms with van der Waals surface area (Å²) in [4.78, 5) is 26.4. The fraction of sp³-hybridized carbons (Fsp3) is 0.387. The number of anilines is 3. The first-order valence-electron chi connectivity index (χ1n) is 14.3. The number of nitrogen functional groups attached to an aromatic ring is 1. The predicted octanol–water partition coefficient (Wildman–Crippen LogP) is 5.50. The number of rotatable bonds is 5. The molecule has 0 spiro atoms. The number of hydrogen-bond donors (Lipinski definition) is 3. The second-order valence-electron chi connectivity index (χ2n) is 11.3. The molecule has 0 bridgehead atoms. The summed E-state index contributed by atoms with van der Waals surface area (Å²) < 4.78 is 17.5. The molecule has 4 N–H and O–H groups in total. The highest BCUT2D eigenvalue weighted by Crippen LogP contribution is 2.39. The van der Waals surface area contributed by atoms with Crippen LogP contribution in [0.1, 0.15) is 37.3 Å². The Labute approximate surface area is 239 Å². The first-order chi connectivity index (χ1) is 19.9. The van der Waals surface area contributed by atoms with Crippen molar-refractivity contribution in [2.24, 2.45) is 0 Å². The van der Waals surface area contributed by atoms with Gasteiger partial charge in [-0.3, -0.25) is 4.90 Å². The minimum atomic E-state index is -0.536. The molecule has 0 unspecified atom stereocenters. The van der Waals surface area contributed by atoms with E-state index in [4.69, 9.17) is 5.73 Å². The lowest BCUT2D eigenvalue weighted by molar-refractivity contribution is 0.0828. The van der Waals surface area contributed by atoms with Gasteiger partial charge in [0, 0.05) is 55.7 Å². The number of amides is 2. The summed E-state index contributed by atoms with van der Waals surface area (Å²) in [7, 11) is 2.19. The topological polar surface area (TPSA) is 104 Å². The van der Waals surface area contributed by atoms with Crippen LogP contribution in [-0.4, -0.2) is 69.6 Å². The van der Waals surface area contributed by atoms with Crippen LogP contribution < -0.4 is 16.4 Å². The lowest BCUT2D eigenvalue weighted by Crippen LogP contribution is -2.49. The Morgan fingerprint density at radius 2 is 1.66 bits per heavy atom. The number of hydrogen-bond acceptors (Lipinski definition) is 6. The Hall–Kier alpha value is -4.02. The monoisotopic (exact) mass is 556 g/mol. The normalized spacial score (nSPS) is 20.3. The number of fused-ring (bicyclic) bond motifs is 1. The van der Waals surface area contributed by atoms with Crippen LogP contribution in [0.3, 0.4) is 0 Å². The number of halogens is 1. The molecule has 1 aliphatic carbocycles. The molecule has 1 aliphatic heterocycles. The summed E-state index contributed by atoms with van der Waals surface area (Å²) in [6.45, 7) is 6.43. The average Bonchev–Trinajstić information content (AvgIpc) is 3.37. The smallest absolute Gasteiger partial charge is 0.323 e. The maximum absolute atomic E-state index is 15.3. The molecule has 9 nitrogen and oxygen atoms in total. The van der Waals surface area contributed by atoms with Gasteiger partial charge in [0.2, 0.25) is 0 Å². The molecule has 2 aliphatic rings. The maximum atomic E-state index is 15.3. The Kier molecular flexibility index (Phi) is 7.59. The number of nitrogens with zero attached hydrogens (tertiary/aromatic N) is 5. The number of aromatic nitrogens is 3. The number of piperazine rings is 1. The van der Waals surface area contributed by atoms with E-state index in [-0.39, 0.29) is 5.69 Å². The summed E-state index contributed by atoms with van der Waals surface area (Å²) in [6, 6.07) is 12.6. The Morgan fingerprint density at radius 3 is 2.39 bits per heavy atom. The maximum Gasteiger partial charge on any atom is 0.323 e. The van der Waals surface area contributed by atoms with Crippen molar-refractivity contribution in [1.29, 1.82) is 0 Å². The number of aryl methyl sites for hydroxylation is 1. The van der Waals surface area contributed by atoms with E-state index in [1.54, 1.807) is 18.2 Å². The highest BCUT2D eigenvalue weighted by Gasteiger charge is 2.30. The van der Waals surface area contributed by atoms with Crippen molar-refractivity contribution in [3.63, 3.8) is 0 Å². The van der Waals surface area contributed by atoms with Gasteiger partial charge in [-0.05, 0) is 69.0 Å². The van der Waals surface area contributed by atoms with E-state index < -0.39 is 11.8 Å². The van der Waals surface area contributed by atoms with Crippen LogP contribution in [0, 0.1) is 12.7 Å². The minimum absolute atomic E-state index is 0.0926. The molecule has 3 heterocycles. The van der Waals surface area contributed by atoms with Gasteiger partial charge in [-0.15, -0.1) is 0 Å². The van der Waals surface area contributed by atoms with E-state index in [9.17, 15) is 4.79 Å². The quantitative estimate of drug-likeness (QED) is 0.300. The molecule has 4 aromatic rings. The fourth-order valence-electron chi connectivity index (χ4n) is 6.27. The number of carbonyl (C=O) groups excluding carboxylic acids is 1. The lowest BCUT2D eigenvalue weighted by Gasteiger charge is -2.41. The van der Waals surface area contributed by atoms with Crippen molar-refractivity contribution < 1.29 is 9.18 Å². The number of carbonyl (C=O) groups is 1. The van der Waals surface area contributed by atoms with Gasteiger partial charge < -0.3 is 25.8 Å². The molecule has 1 saturated heterocycles. The van der Waals surface area contributed by atoms with E-state index in [1.807, 2.05) is 31.3 Å². The molecular formula is C31H37FN8O. The van der Waals surface area contributed by atoms with E-state index in [0.29, 0.717) is 29.2 Å². The largest absolute Gasteiger partial charge is 0.383 e. The third kappa shape index (κ3) is 5.62. The Bertz CT molecular complexity index is 1550. The average molecular weight is 557 g/mol. The molecule has 10 heteroatoms. The molecule has 6 rings (SSSR count). The zero-order valence-corrected chi connectivity index (χ0v) is 23.6. The molecular weight excluding hydrogens is 519 g/mol. The van der Waals surface area contributed by atoms with E-state index in [0.717, 1.165) is 74.0 Å². The van der Waals surface area contributed by atoms with Gasteiger partial charge in [0.25, 0.3) is 0 Å². The van der Waals surface area contributed by atoms with Gasteiger partial charge in [0.05, 0.1) is 11.1 Å². The zero-order valence-electron chi connectivity index (χ0n) is 23.6. The van der Waals surface area contributed by atoms with Crippen LogP contribution in [0.15, 0.2) is 55.0 Å². The third-order valence-electron chi connectivity index (χ3n) is 8.67. The van der Waals surface area contributed by atoms with Crippen molar-refractivity contribution >= 4 is 34.3 Å². The van der Waals surface area contributed by atoms with Crippen LogP contribution in [0.4, 0.5) is 26.4 Å². The second-order valence-corrected chi connectivity index (χ2v) is 11.3. The molecule has 2 fully saturated rings. The summed E-state index contributed by atoms with van der Waals surface area (Å²) >= 11 is 0.